The van der Waals surface area contributed by atoms with Gasteiger partial charge in [-0.2, -0.15) is 0 Å². The number of aromatic hydroxyl groups is 1. The lowest BCUT2D eigenvalue weighted by Crippen LogP contribution is -2.36. The maximum Gasteiger partial charge on any atom is 0.266 e. The minimum Gasteiger partial charge on any atom is -0.508 e. The van der Waals surface area contributed by atoms with E-state index < -0.39 is 11.7 Å². The van der Waals surface area contributed by atoms with E-state index in [1.165, 1.54) is 41.3 Å². The largest absolute Gasteiger partial charge is 0.508 e. The first kappa shape index (κ1) is 18.1. The van der Waals surface area contributed by atoms with Crippen LogP contribution in [-0.2, 0) is 9.59 Å². The molecule has 0 atom stereocenters. The van der Waals surface area contributed by atoms with Gasteiger partial charge in [0.25, 0.3) is 5.91 Å². The minimum absolute atomic E-state index is 0.0907. The number of phenols is 1. The fourth-order valence-electron chi connectivity index (χ4n) is 2.28. The molecule has 2 N–H and O–H groups in total. The topological polar surface area (TPSA) is 69.6 Å². The van der Waals surface area contributed by atoms with Crippen molar-refractivity contribution in [1.82, 2.24) is 4.90 Å². The Hall–Kier alpha value is -2.71. The van der Waals surface area contributed by atoms with Crippen LogP contribution in [0.2, 0.25) is 0 Å². The molecule has 1 aliphatic heterocycles. The molecule has 1 aliphatic rings. The van der Waals surface area contributed by atoms with Gasteiger partial charge in [0.05, 0.1) is 4.91 Å². The molecular weight excluding hydrogens is 375 g/mol. The standard InChI is InChI=1S/C18H13FN2O3S2/c19-12-4-6-13(7-5-12)20-16(23)10-21-17(24)15(26-18(21)25)9-11-2-1-3-14(22)8-11/h1-9,22H,10H2,(H,20,23)/b15-9-. The Labute approximate surface area is 158 Å². The summed E-state index contributed by atoms with van der Waals surface area (Å²) in [6.07, 6.45) is 1.61. The molecule has 1 saturated heterocycles. The van der Waals surface area contributed by atoms with E-state index in [2.05, 4.69) is 5.32 Å². The summed E-state index contributed by atoms with van der Waals surface area (Å²) >= 11 is 6.28. The average molecular weight is 388 g/mol. The van der Waals surface area contributed by atoms with Gasteiger partial charge < -0.3 is 10.4 Å². The van der Waals surface area contributed by atoms with E-state index in [9.17, 15) is 19.1 Å². The third-order valence-corrected chi connectivity index (χ3v) is 4.85. The van der Waals surface area contributed by atoms with Crippen LogP contribution in [0.3, 0.4) is 0 Å². The minimum atomic E-state index is -0.438. The van der Waals surface area contributed by atoms with Crippen LogP contribution in [0, 0.1) is 5.82 Å². The number of halogens is 1. The first-order valence-corrected chi connectivity index (χ1v) is 8.75. The lowest BCUT2D eigenvalue weighted by molar-refractivity contribution is -0.126. The van der Waals surface area contributed by atoms with Crippen LogP contribution < -0.4 is 5.32 Å². The van der Waals surface area contributed by atoms with Crippen LogP contribution in [-0.4, -0.2) is 32.7 Å². The number of hydrogen-bond donors (Lipinski definition) is 2. The third kappa shape index (κ3) is 4.27. The summed E-state index contributed by atoms with van der Waals surface area (Å²) in [7, 11) is 0. The average Bonchev–Trinajstić information content (AvgIpc) is 2.84. The molecule has 0 spiro atoms. The Morgan fingerprint density at radius 1 is 1.27 bits per heavy atom. The van der Waals surface area contributed by atoms with Crippen molar-refractivity contribution >= 4 is 51.9 Å². The molecule has 3 rings (SSSR count). The highest BCUT2D eigenvalue weighted by Gasteiger charge is 2.33. The number of anilines is 1. The molecule has 2 amide bonds. The second-order valence-corrected chi connectivity index (χ2v) is 7.09. The third-order valence-electron chi connectivity index (χ3n) is 3.47. The number of carbonyl (C=O) groups is 2. The fraction of sp³-hybridized carbons (Fsp3) is 0.0556. The van der Waals surface area contributed by atoms with Gasteiger partial charge >= 0.3 is 0 Å². The zero-order valence-corrected chi connectivity index (χ0v) is 14.9. The van der Waals surface area contributed by atoms with Crippen LogP contribution in [0.25, 0.3) is 6.08 Å². The van der Waals surface area contributed by atoms with Crippen LogP contribution >= 0.6 is 24.0 Å². The Balaban J connectivity index is 1.69. The molecule has 132 valence electrons. The van der Waals surface area contributed by atoms with Crippen molar-refractivity contribution in [2.75, 3.05) is 11.9 Å². The lowest BCUT2D eigenvalue weighted by atomic mass is 10.2. The summed E-state index contributed by atoms with van der Waals surface area (Å²) in [5.41, 5.74) is 1.08. The highest BCUT2D eigenvalue weighted by Crippen LogP contribution is 2.32. The summed E-state index contributed by atoms with van der Waals surface area (Å²) in [6.45, 7) is -0.237. The number of benzene rings is 2. The number of thioether (sulfide) groups is 1. The summed E-state index contributed by atoms with van der Waals surface area (Å²) in [5, 5.41) is 12.1. The van der Waals surface area contributed by atoms with Crippen molar-refractivity contribution < 1.29 is 19.1 Å². The van der Waals surface area contributed by atoms with E-state index in [0.29, 0.717) is 16.2 Å². The molecule has 0 aromatic heterocycles. The van der Waals surface area contributed by atoms with Gasteiger partial charge in [0, 0.05) is 5.69 Å². The van der Waals surface area contributed by atoms with Crippen molar-refractivity contribution in [2.45, 2.75) is 0 Å². The number of nitrogens with zero attached hydrogens (tertiary/aromatic N) is 1. The first-order valence-electron chi connectivity index (χ1n) is 7.52. The molecule has 1 fully saturated rings. The van der Waals surface area contributed by atoms with Gasteiger partial charge in [-0.3, -0.25) is 14.5 Å². The molecule has 2 aromatic carbocycles. The van der Waals surface area contributed by atoms with Crippen molar-refractivity contribution in [1.29, 1.82) is 0 Å². The lowest BCUT2D eigenvalue weighted by Gasteiger charge is -2.14. The number of thiocarbonyl (C=S) groups is 1. The number of amides is 2. The van der Waals surface area contributed by atoms with Gasteiger partial charge in [0.1, 0.15) is 22.4 Å². The molecule has 0 radical (unpaired) electrons. The van der Waals surface area contributed by atoms with Gasteiger partial charge in [-0.25, -0.2) is 4.39 Å². The monoisotopic (exact) mass is 388 g/mol. The summed E-state index contributed by atoms with van der Waals surface area (Å²) in [4.78, 5) is 26.2. The molecule has 8 heteroatoms. The van der Waals surface area contributed by atoms with E-state index in [4.69, 9.17) is 12.2 Å². The summed E-state index contributed by atoms with van der Waals surface area (Å²) in [6, 6.07) is 11.8. The summed E-state index contributed by atoms with van der Waals surface area (Å²) in [5.74, 6) is -1.13. The smallest absolute Gasteiger partial charge is 0.266 e. The Kier molecular flexibility index (Phi) is 5.34. The maximum absolute atomic E-state index is 12.9. The molecule has 0 aliphatic carbocycles. The molecule has 1 heterocycles. The van der Waals surface area contributed by atoms with Crippen LogP contribution in [0.5, 0.6) is 5.75 Å². The molecule has 0 unspecified atom stereocenters. The highest BCUT2D eigenvalue weighted by atomic mass is 32.2. The van der Waals surface area contributed by atoms with Crippen LogP contribution in [0.1, 0.15) is 5.56 Å². The predicted octanol–water partition coefficient (Wildman–Crippen LogP) is 3.37. The second-order valence-electron chi connectivity index (χ2n) is 5.42. The number of nitrogens with one attached hydrogen (secondary N) is 1. The van der Waals surface area contributed by atoms with Gasteiger partial charge in [-0.1, -0.05) is 36.1 Å². The van der Waals surface area contributed by atoms with Crippen molar-refractivity contribution in [3.63, 3.8) is 0 Å². The normalized spacial score (nSPS) is 15.6. The van der Waals surface area contributed by atoms with Crippen molar-refractivity contribution in [3.8, 4) is 5.75 Å². The van der Waals surface area contributed by atoms with Gasteiger partial charge in [-0.15, -0.1) is 0 Å². The Morgan fingerprint density at radius 3 is 2.69 bits per heavy atom. The zero-order chi connectivity index (χ0) is 18.7. The molecule has 0 saturated carbocycles. The number of phenolic OH excluding ortho intramolecular Hbond substituents is 1. The molecule has 2 aromatic rings. The van der Waals surface area contributed by atoms with E-state index in [0.717, 1.165) is 11.8 Å². The molecule has 5 nitrogen and oxygen atoms in total. The first-order chi connectivity index (χ1) is 12.4. The number of rotatable bonds is 4. The van der Waals surface area contributed by atoms with E-state index in [1.54, 1.807) is 18.2 Å². The number of hydrogen-bond acceptors (Lipinski definition) is 5. The van der Waals surface area contributed by atoms with Crippen molar-refractivity contribution in [2.24, 2.45) is 0 Å². The van der Waals surface area contributed by atoms with Gasteiger partial charge in [0.2, 0.25) is 5.91 Å². The van der Waals surface area contributed by atoms with E-state index in [-0.39, 0.29) is 22.5 Å². The molecule has 0 bridgehead atoms. The molecular formula is C18H13FN2O3S2. The zero-order valence-electron chi connectivity index (χ0n) is 13.3. The van der Waals surface area contributed by atoms with Gasteiger partial charge in [0.15, 0.2) is 0 Å². The molecule has 26 heavy (non-hydrogen) atoms. The Morgan fingerprint density at radius 2 is 2.00 bits per heavy atom. The second kappa shape index (κ2) is 7.67. The van der Waals surface area contributed by atoms with E-state index in [1.807, 2.05) is 0 Å². The SMILES string of the molecule is O=C(CN1C(=O)/C(=C/c2cccc(O)c2)SC1=S)Nc1ccc(F)cc1. The van der Waals surface area contributed by atoms with Crippen LogP contribution in [0.15, 0.2) is 53.4 Å². The van der Waals surface area contributed by atoms with E-state index >= 15 is 0 Å². The van der Waals surface area contributed by atoms with Gasteiger partial charge in [-0.05, 0) is 48.0 Å². The van der Waals surface area contributed by atoms with Crippen LogP contribution in [0.4, 0.5) is 10.1 Å². The summed E-state index contributed by atoms with van der Waals surface area (Å²) < 4.78 is 13.2. The maximum atomic E-state index is 12.9. The quantitative estimate of drug-likeness (QED) is 0.621. The number of carbonyl (C=O) groups excluding carboxylic acids is 2. The predicted molar refractivity (Wildman–Crippen MR) is 103 cm³/mol. The van der Waals surface area contributed by atoms with Crippen molar-refractivity contribution in [3.05, 3.63) is 64.8 Å². The highest BCUT2D eigenvalue weighted by molar-refractivity contribution is 8.26. The fourth-order valence-corrected chi connectivity index (χ4v) is 3.53. The Bertz CT molecular complexity index is 913.